The van der Waals surface area contributed by atoms with Gasteiger partial charge in [0.05, 0.1) is 18.2 Å². The minimum absolute atomic E-state index is 0.0401. The fourth-order valence-electron chi connectivity index (χ4n) is 2.84. The molecule has 2 unspecified atom stereocenters. The number of aliphatic hydroxyl groups excluding tert-OH is 1. The zero-order valence-corrected chi connectivity index (χ0v) is 12.5. The molecule has 0 aliphatic heterocycles. The monoisotopic (exact) mass is 281 g/mol. The average Bonchev–Trinajstić information content (AvgIpc) is 2.83. The summed E-state index contributed by atoms with van der Waals surface area (Å²) in [6.07, 6.45) is 0.647. The van der Waals surface area contributed by atoms with Crippen molar-refractivity contribution in [1.29, 1.82) is 0 Å². The number of furan rings is 1. The maximum atomic E-state index is 12.2. The Kier molecular flexibility index (Phi) is 3.93. The molecule has 2 atom stereocenters. The van der Waals surface area contributed by atoms with Crippen LogP contribution in [0.4, 0.5) is 0 Å². The lowest BCUT2D eigenvalue weighted by molar-refractivity contribution is -0.172. The van der Waals surface area contributed by atoms with Crippen LogP contribution in [0.15, 0.2) is 16.5 Å². The van der Waals surface area contributed by atoms with Crippen LogP contribution in [0.2, 0.25) is 0 Å². The van der Waals surface area contributed by atoms with Gasteiger partial charge in [-0.25, -0.2) is 0 Å². The second kappa shape index (κ2) is 5.22. The third-order valence-electron chi connectivity index (χ3n) is 4.53. The molecule has 112 valence electrons. The quantitative estimate of drug-likeness (QED) is 0.864. The Morgan fingerprint density at radius 3 is 2.70 bits per heavy atom. The molecule has 0 radical (unpaired) electrons. The number of rotatable bonds is 5. The van der Waals surface area contributed by atoms with E-state index in [1.807, 2.05) is 20.8 Å². The van der Waals surface area contributed by atoms with Gasteiger partial charge in [0, 0.05) is 18.4 Å². The van der Waals surface area contributed by atoms with Crippen LogP contribution in [-0.2, 0) is 4.74 Å². The molecule has 1 aliphatic rings. The summed E-state index contributed by atoms with van der Waals surface area (Å²) in [5.74, 6) is 0.661. The molecular formula is C15H23NO4. The van der Waals surface area contributed by atoms with Crippen molar-refractivity contribution in [2.75, 3.05) is 13.2 Å². The van der Waals surface area contributed by atoms with Crippen LogP contribution < -0.4 is 5.32 Å². The van der Waals surface area contributed by atoms with Crippen LogP contribution in [0.3, 0.4) is 0 Å². The molecule has 1 aromatic heterocycles. The lowest BCUT2D eigenvalue weighted by Crippen LogP contribution is -2.74. The third-order valence-corrected chi connectivity index (χ3v) is 4.53. The first-order chi connectivity index (χ1) is 9.36. The minimum atomic E-state index is -0.662. The highest BCUT2D eigenvalue weighted by atomic mass is 16.5. The first-order valence-corrected chi connectivity index (χ1v) is 6.97. The van der Waals surface area contributed by atoms with Crippen molar-refractivity contribution in [3.8, 4) is 0 Å². The second-order valence-corrected chi connectivity index (χ2v) is 5.97. The maximum absolute atomic E-state index is 12.2. The van der Waals surface area contributed by atoms with Crippen LogP contribution in [0.5, 0.6) is 0 Å². The van der Waals surface area contributed by atoms with Gasteiger partial charge in [0.2, 0.25) is 0 Å². The van der Waals surface area contributed by atoms with Gasteiger partial charge in [-0.05, 0) is 26.0 Å². The van der Waals surface area contributed by atoms with Crippen LogP contribution in [0, 0.1) is 12.3 Å². The molecule has 0 aromatic carbocycles. The molecule has 0 spiro atoms. The number of hydrogen-bond acceptors (Lipinski definition) is 4. The van der Waals surface area contributed by atoms with Crippen LogP contribution in [0.1, 0.15) is 43.5 Å². The Balaban J connectivity index is 2.12. The van der Waals surface area contributed by atoms with Crippen molar-refractivity contribution in [2.45, 2.75) is 45.8 Å². The van der Waals surface area contributed by atoms with Gasteiger partial charge < -0.3 is 19.6 Å². The fraction of sp³-hybridized carbons (Fsp3) is 0.667. The Morgan fingerprint density at radius 1 is 1.55 bits per heavy atom. The number of aliphatic hydroxyl groups is 1. The van der Waals surface area contributed by atoms with Gasteiger partial charge in [0.15, 0.2) is 5.76 Å². The van der Waals surface area contributed by atoms with Gasteiger partial charge in [0.1, 0.15) is 5.76 Å². The fourth-order valence-corrected chi connectivity index (χ4v) is 2.84. The summed E-state index contributed by atoms with van der Waals surface area (Å²) >= 11 is 0. The van der Waals surface area contributed by atoms with Gasteiger partial charge in [-0.2, -0.15) is 0 Å². The Bertz CT molecular complexity index is 494. The SMILES string of the molecule is CCOC1CC(CO)(NC(=O)c2ccc(C)o2)C1(C)C. The topological polar surface area (TPSA) is 71.7 Å². The number of aryl methyl sites for hydroxylation is 1. The second-order valence-electron chi connectivity index (χ2n) is 5.97. The molecule has 1 heterocycles. The van der Waals surface area contributed by atoms with E-state index < -0.39 is 5.54 Å². The molecule has 2 N–H and O–H groups in total. The van der Waals surface area contributed by atoms with Gasteiger partial charge >= 0.3 is 0 Å². The third kappa shape index (κ3) is 2.25. The standard InChI is InChI=1S/C15H23NO4/c1-5-19-12-8-15(9-17,14(12,3)4)16-13(18)11-7-6-10(2)20-11/h6-7,12,17H,5,8-9H2,1-4H3,(H,16,18). The Labute approximate surface area is 119 Å². The molecule has 2 rings (SSSR count). The highest BCUT2D eigenvalue weighted by Gasteiger charge is 2.61. The van der Waals surface area contributed by atoms with Gasteiger partial charge in [0.25, 0.3) is 5.91 Å². The molecule has 0 saturated heterocycles. The summed E-state index contributed by atoms with van der Waals surface area (Å²) in [6, 6.07) is 3.39. The number of amides is 1. The first kappa shape index (κ1) is 15.1. The van der Waals surface area contributed by atoms with Crippen molar-refractivity contribution >= 4 is 5.91 Å². The molecule has 5 heteroatoms. The summed E-state index contributed by atoms with van der Waals surface area (Å²) in [4.78, 5) is 12.2. The lowest BCUT2D eigenvalue weighted by Gasteiger charge is -2.60. The average molecular weight is 281 g/mol. The van der Waals surface area contributed by atoms with E-state index in [1.165, 1.54) is 0 Å². The van der Waals surface area contributed by atoms with E-state index in [-0.39, 0.29) is 29.8 Å². The number of carbonyl (C=O) groups excluding carboxylic acids is 1. The predicted molar refractivity (Wildman–Crippen MR) is 74.5 cm³/mol. The lowest BCUT2D eigenvalue weighted by atomic mass is 9.54. The first-order valence-electron chi connectivity index (χ1n) is 6.97. The highest BCUT2D eigenvalue weighted by Crippen LogP contribution is 2.51. The smallest absolute Gasteiger partial charge is 0.287 e. The molecule has 0 bridgehead atoms. The summed E-state index contributed by atoms with van der Waals surface area (Å²) in [6.45, 7) is 8.24. The van der Waals surface area contributed by atoms with E-state index >= 15 is 0 Å². The molecule has 1 aliphatic carbocycles. The van der Waals surface area contributed by atoms with E-state index in [0.29, 0.717) is 18.8 Å². The van der Waals surface area contributed by atoms with E-state index in [4.69, 9.17) is 9.15 Å². The molecule has 20 heavy (non-hydrogen) atoms. The molecule has 1 aromatic rings. The Morgan fingerprint density at radius 2 is 2.25 bits per heavy atom. The molecule has 1 amide bonds. The number of hydrogen-bond donors (Lipinski definition) is 2. The molecule has 1 saturated carbocycles. The van der Waals surface area contributed by atoms with Crippen molar-refractivity contribution in [1.82, 2.24) is 5.32 Å². The minimum Gasteiger partial charge on any atom is -0.456 e. The summed E-state index contributed by atoms with van der Waals surface area (Å²) in [5, 5.41) is 12.7. The normalized spacial score (nSPS) is 27.9. The van der Waals surface area contributed by atoms with E-state index in [0.717, 1.165) is 0 Å². The summed E-state index contributed by atoms with van der Waals surface area (Å²) in [5.41, 5.74) is -0.986. The molecular weight excluding hydrogens is 258 g/mol. The van der Waals surface area contributed by atoms with Crippen LogP contribution >= 0.6 is 0 Å². The van der Waals surface area contributed by atoms with Crippen molar-refractivity contribution in [3.05, 3.63) is 23.7 Å². The molecule has 5 nitrogen and oxygen atoms in total. The summed E-state index contributed by atoms with van der Waals surface area (Å²) < 4.78 is 11.0. The zero-order valence-electron chi connectivity index (χ0n) is 12.5. The number of nitrogens with one attached hydrogen (secondary N) is 1. The zero-order chi connectivity index (χ0) is 15.0. The van der Waals surface area contributed by atoms with Crippen LogP contribution in [-0.4, -0.2) is 35.9 Å². The van der Waals surface area contributed by atoms with Gasteiger partial charge in [-0.3, -0.25) is 4.79 Å². The van der Waals surface area contributed by atoms with Crippen molar-refractivity contribution < 1.29 is 19.1 Å². The Hall–Kier alpha value is -1.33. The van der Waals surface area contributed by atoms with E-state index in [2.05, 4.69) is 5.32 Å². The largest absolute Gasteiger partial charge is 0.456 e. The molecule has 1 fully saturated rings. The van der Waals surface area contributed by atoms with Gasteiger partial charge in [-0.1, -0.05) is 13.8 Å². The van der Waals surface area contributed by atoms with Crippen LogP contribution in [0.25, 0.3) is 0 Å². The maximum Gasteiger partial charge on any atom is 0.287 e. The van der Waals surface area contributed by atoms with Crippen molar-refractivity contribution in [3.63, 3.8) is 0 Å². The van der Waals surface area contributed by atoms with E-state index in [9.17, 15) is 9.90 Å². The summed E-state index contributed by atoms with van der Waals surface area (Å²) in [7, 11) is 0. The van der Waals surface area contributed by atoms with E-state index in [1.54, 1.807) is 19.1 Å². The predicted octanol–water partition coefficient (Wildman–Crippen LogP) is 1.88. The van der Waals surface area contributed by atoms with Crippen molar-refractivity contribution in [2.24, 2.45) is 5.41 Å². The highest BCUT2D eigenvalue weighted by molar-refractivity contribution is 5.92. The van der Waals surface area contributed by atoms with Gasteiger partial charge in [-0.15, -0.1) is 0 Å². The number of carbonyl (C=O) groups is 1. The number of ether oxygens (including phenoxy) is 1.